The average Bonchev–Trinajstić information content (AvgIpc) is 3.10. The highest BCUT2D eigenvalue weighted by molar-refractivity contribution is 6.44. The summed E-state index contributed by atoms with van der Waals surface area (Å²) in [5, 5.41) is 0. The number of Topliss-reactive ketones (excluding diaryl/α,β-unsaturated/α-hetero) is 2. The van der Waals surface area contributed by atoms with Crippen LogP contribution in [0.5, 0.6) is 23.0 Å². The van der Waals surface area contributed by atoms with E-state index in [1.54, 1.807) is 44.4 Å². The lowest BCUT2D eigenvalue weighted by atomic mass is 9.85. The summed E-state index contributed by atoms with van der Waals surface area (Å²) in [5.74, 6) is -1.35. The summed E-state index contributed by atoms with van der Waals surface area (Å²) in [4.78, 5) is 43.6. The molecule has 1 aliphatic heterocycles. The van der Waals surface area contributed by atoms with Crippen LogP contribution < -0.4 is 18.9 Å². The smallest absolute Gasteiger partial charge is 0.291 e. The molecular formula is C26H32N2O7. The Balaban J connectivity index is 2.18. The van der Waals surface area contributed by atoms with Crippen LogP contribution in [0.1, 0.15) is 27.5 Å². The number of benzene rings is 2. The largest absolute Gasteiger partial charge is 0.497 e. The molecule has 0 bridgehead atoms. The normalized spacial score (nSPS) is 17.7. The molecule has 1 fully saturated rings. The van der Waals surface area contributed by atoms with E-state index < -0.39 is 29.4 Å². The van der Waals surface area contributed by atoms with Crippen molar-refractivity contribution in [3.8, 4) is 23.0 Å². The van der Waals surface area contributed by atoms with Crippen LogP contribution in [0.2, 0.25) is 0 Å². The highest BCUT2D eigenvalue weighted by Crippen LogP contribution is 2.45. The SMILES string of the molecule is COc1ccc(C(=O)C2C(=O)C(=O)N(CCN(C)C)C2c2cc(OC)c(OC)c(OC)c2)c(C)c1. The van der Waals surface area contributed by atoms with Crippen LogP contribution in [0.15, 0.2) is 30.3 Å². The minimum atomic E-state index is -1.22. The summed E-state index contributed by atoms with van der Waals surface area (Å²) in [6.45, 7) is 2.56. The first-order valence-corrected chi connectivity index (χ1v) is 11.2. The van der Waals surface area contributed by atoms with Gasteiger partial charge in [0.2, 0.25) is 11.5 Å². The lowest BCUT2D eigenvalue weighted by Crippen LogP contribution is -2.36. The second-order valence-corrected chi connectivity index (χ2v) is 8.59. The Labute approximate surface area is 205 Å². The van der Waals surface area contributed by atoms with Gasteiger partial charge < -0.3 is 28.7 Å². The molecule has 1 amide bonds. The van der Waals surface area contributed by atoms with Gasteiger partial charge in [-0.25, -0.2) is 0 Å². The number of aryl methyl sites for hydroxylation is 1. The molecule has 0 saturated carbocycles. The van der Waals surface area contributed by atoms with Crippen LogP contribution in [0.4, 0.5) is 0 Å². The first-order valence-electron chi connectivity index (χ1n) is 11.2. The number of carbonyl (C=O) groups is 3. The molecule has 0 aromatic heterocycles. The van der Waals surface area contributed by atoms with Crippen molar-refractivity contribution < 1.29 is 33.3 Å². The van der Waals surface area contributed by atoms with Gasteiger partial charge in [0.1, 0.15) is 11.7 Å². The predicted molar refractivity (Wildman–Crippen MR) is 130 cm³/mol. The molecule has 2 aromatic rings. The van der Waals surface area contributed by atoms with Crippen molar-refractivity contribution in [3.63, 3.8) is 0 Å². The fourth-order valence-corrected chi connectivity index (χ4v) is 4.39. The van der Waals surface area contributed by atoms with Crippen LogP contribution in [-0.4, -0.2) is 82.9 Å². The molecule has 9 nitrogen and oxygen atoms in total. The Morgan fingerprint density at radius 2 is 1.57 bits per heavy atom. The van der Waals surface area contributed by atoms with Gasteiger partial charge in [-0.05, 0) is 62.5 Å². The first kappa shape index (κ1) is 26.0. The van der Waals surface area contributed by atoms with Crippen LogP contribution in [0.3, 0.4) is 0 Å². The minimum Gasteiger partial charge on any atom is -0.497 e. The summed E-state index contributed by atoms with van der Waals surface area (Å²) in [5.41, 5.74) is 1.57. The van der Waals surface area contributed by atoms with E-state index in [1.165, 1.54) is 26.2 Å². The van der Waals surface area contributed by atoms with E-state index >= 15 is 0 Å². The number of ether oxygens (including phenoxy) is 4. The Kier molecular flexibility index (Phi) is 8.01. The van der Waals surface area contributed by atoms with E-state index in [-0.39, 0.29) is 6.54 Å². The topological polar surface area (TPSA) is 94.6 Å². The molecule has 188 valence electrons. The van der Waals surface area contributed by atoms with Crippen molar-refractivity contribution in [3.05, 3.63) is 47.0 Å². The maximum Gasteiger partial charge on any atom is 0.291 e. The molecule has 35 heavy (non-hydrogen) atoms. The fraction of sp³-hybridized carbons (Fsp3) is 0.423. The van der Waals surface area contributed by atoms with Gasteiger partial charge in [0.05, 0.1) is 34.5 Å². The summed E-state index contributed by atoms with van der Waals surface area (Å²) < 4.78 is 21.6. The summed E-state index contributed by atoms with van der Waals surface area (Å²) >= 11 is 0. The van der Waals surface area contributed by atoms with Gasteiger partial charge in [0.25, 0.3) is 5.91 Å². The minimum absolute atomic E-state index is 0.268. The third-order valence-corrected chi connectivity index (χ3v) is 6.20. The Bertz CT molecular complexity index is 1100. The van der Waals surface area contributed by atoms with Crippen LogP contribution >= 0.6 is 0 Å². The quantitative estimate of drug-likeness (QED) is 0.289. The maximum atomic E-state index is 13.8. The summed E-state index contributed by atoms with van der Waals surface area (Å²) in [7, 11) is 9.75. The van der Waals surface area contributed by atoms with Crippen LogP contribution in [0, 0.1) is 12.8 Å². The molecule has 0 radical (unpaired) electrons. The molecule has 2 atom stereocenters. The number of carbonyl (C=O) groups excluding carboxylic acids is 3. The zero-order valence-electron chi connectivity index (χ0n) is 21.2. The number of likely N-dealkylation sites (N-methyl/N-ethyl adjacent to an activating group) is 1. The second kappa shape index (κ2) is 10.8. The lowest BCUT2D eigenvalue weighted by molar-refractivity contribution is -0.140. The monoisotopic (exact) mass is 484 g/mol. The fourth-order valence-electron chi connectivity index (χ4n) is 4.39. The summed E-state index contributed by atoms with van der Waals surface area (Å²) in [6.07, 6.45) is 0. The highest BCUT2D eigenvalue weighted by atomic mass is 16.5. The van der Waals surface area contributed by atoms with Gasteiger partial charge >= 0.3 is 0 Å². The number of ketones is 2. The molecule has 1 heterocycles. The molecule has 3 rings (SSSR count). The average molecular weight is 485 g/mol. The molecule has 1 aliphatic rings. The van der Waals surface area contributed by atoms with Crippen molar-refractivity contribution in [2.75, 3.05) is 55.6 Å². The molecule has 0 N–H and O–H groups in total. The Morgan fingerprint density at radius 3 is 2.06 bits per heavy atom. The molecule has 2 unspecified atom stereocenters. The van der Waals surface area contributed by atoms with Gasteiger partial charge in [-0.15, -0.1) is 0 Å². The Hall–Kier alpha value is -3.59. The van der Waals surface area contributed by atoms with Crippen molar-refractivity contribution in [2.24, 2.45) is 5.92 Å². The molecule has 9 heteroatoms. The third-order valence-electron chi connectivity index (χ3n) is 6.20. The number of methoxy groups -OCH3 is 4. The zero-order valence-corrected chi connectivity index (χ0v) is 21.2. The molecule has 2 aromatic carbocycles. The number of hydrogen-bond donors (Lipinski definition) is 0. The van der Waals surface area contributed by atoms with Gasteiger partial charge in [-0.3, -0.25) is 14.4 Å². The number of nitrogens with zero attached hydrogens (tertiary/aromatic N) is 2. The number of hydrogen-bond acceptors (Lipinski definition) is 8. The number of amides is 1. The van der Waals surface area contributed by atoms with Gasteiger partial charge in [-0.1, -0.05) is 0 Å². The van der Waals surface area contributed by atoms with Gasteiger partial charge in [0, 0.05) is 18.7 Å². The standard InChI is InChI=1S/C26H32N2O7/c1-15-12-17(32-4)8-9-18(15)23(29)21-22(28(11-10-27(2)3)26(31)24(21)30)16-13-19(33-5)25(35-7)20(14-16)34-6/h8-9,12-14,21-22H,10-11H2,1-7H3. The number of rotatable bonds is 10. The van der Waals surface area contributed by atoms with Crippen LogP contribution in [-0.2, 0) is 9.59 Å². The summed E-state index contributed by atoms with van der Waals surface area (Å²) in [6, 6.07) is 7.55. The number of likely N-dealkylation sites (tertiary alicyclic amines) is 1. The molecule has 0 aliphatic carbocycles. The van der Waals surface area contributed by atoms with E-state index in [1.807, 2.05) is 19.0 Å². The highest BCUT2D eigenvalue weighted by Gasteiger charge is 2.52. The molecule has 1 saturated heterocycles. The first-order chi connectivity index (χ1) is 16.7. The third kappa shape index (κ3) is 4.95. The lowest BCUT2D eigenvalue weighted by Gasteiger charge is -2.29. The van der Waals surface area contributed by atoms with Crippen molar-refractivity contribution in [1.29, 1.82) is 0 Å². The Morgan fingerprint density at radius 1 is 0.943 bits per heavy atom. The van der Waals surface area contributed by atoms with Gasteiger partial charge in [-0.2, -0.15) is 0 Å². The van der Waals surface area contributed by atoms with E-state index in [2.05, 4.69) is 0 Å². The van der Waals surface area contributed by atoms with Crippen molar-refractivity contribution >= 4 is 17.5 Å². The molecule has 0 spiro atoms. The van der Waals surface area contributed by atoms with E-state index in [0.29, 0.717) is 46.2 Å². The second-order valence-electron chi connectivity index (χ2n) is 8.59. The van der Waals surface area contributed by atoms with Crippen molar-refractivity contribution in [1.82, 2.24) is 9.80 Å². The van der Waals surface area contributed by atoms with Gasteiger partial charge in [0.15, 0.2) is 17.3 Å². The zero-order chi connectivity index (χ0) is 25.9. The van der Waals surface area contributed by atoms with Crippen molar-refractivity contribution in [2.45, 2.75) is 13.0 Å². The van der Waals surface area contributed by atoms with E-state index in [9.17, 15) is 14.4 Å². The van der Waals surface area contributed by atoms with Crippen LogP contribution in [0.25, 0.3) is 0 Å². The maximum absolute atomic E-state index is 13.8. The van der Waals surface area contributed by atoms with E-state index in [4.69, 9.17) is 18.9 Å². The molecular weight excluding hydrogens is 452 g/mol. The predicted octanol–water partition coefficient (Wildman–Crippen LogP) is 2.54. The van der Waals surface area contributed by atoms with E-state index in [0.717, 1.165) is 0 Å².